The number of methoxy groups -OCH3 is 1. The number of esters is 2. The maximum absolute atomic E-state index is 14.7. The van der Waals surface area contributed by atoms with E-state index in [-0.39, 0.29) is 67.3 Å². The molecule has 4 unspecified atom stereocenters. The van der Waals surface area contributed by atoms with Crippen LogP contribution in [0.1, 0.15) is 95.7 Å². The van der Waals surface area contributed by atoms with Crippen molar-refractivity contribution in [2.45, 2.75) is 102 Å². The van der Waals surface area contributed by atoms with Gasteiger partial charge in [-0.25, -0.2) is 9.59 Å². The van der Waals surface area contributed by atoms with Crippen molar-refractivity contribution in [1.82, 2.24) is 0 Å². The minimum Gasteiger partial charge on any atom is -0.482 e. The molecule has 2 N–H and O–H groups in total. The van der Waals surface area contributed by atoms with Gasteiger partial charge in [0.15, 0.2) is 17.8 Å². The van der Waals surface area contributed by atoms with Gasteiger partial charge in [0.05, 0.1) is 31.8 Å². The van der Waals surface area contributed by atoms with E-state index in [2.05, 4.69) is 66.4 Å². The van der Waals surface area contributed by atoms with Gasteiger partial charge in [0.2, 0.25) is 0 Å². The molecule has 0 aliphatic carbocycles. The van der Waals surface area contributed by atoms with Crippen molar-refractivity contribution in [2.75, 3.05) is 20.3 Å². The van der Waals surface area contributed by atoms with E-state index in [1.165, 1.54) is 23.8 Å². The first-order valence-electron chi connectivity index (χ1n) is 21.9. The summed E-state index contributed by atoms with van der Waals surface area (Å²) in [6.45, 7) is 2.87. The van der Waals surface area contributed by atoms with Crippen LogP contribution in [0.25, 0.3) is 11.0 Å². The Kier molecular flexibility index (Phi) is 13.3. The zero-order chi connectivity index (χ0) is 44.1. The molecule has 0 saturated heterocycles. The maximum atomic E-state index is 14.7. The number of fused-ring (bicyclic) bond motifs is 7. The van der Waals surface area contributed by atoms with Crippen molar-refractivity contribution in [3.8, 4) is 17.6 Å². The lowest BCUT2D eigenvalue weighted by Gasteiger charge is -2.44. The van der Waals surface area contributed by atoms with Crippen molar-refractivity contribution in [1.29, 1.82) is 0 Å². The Morgan fingerprint density at radius 3 is 2.44 bits per heavy atom. The first kappa shape index (κ1) is 43.7. The summed E-state index contributed by atoms with van der Waals surface area (Å²) in [6.07, 6.45) is 1.87. The Hall–Kier alpha value is -5.99. The summed E-state index contributed by atoms with van der Waals surface area (Å²) in [6, 6.07) is 28.7. The quantitative estimate of drug-likeness (QED) is 0.0619. The van der Waals surface area contributed by atoms with Gasteiger partial charge in [0, 0.05) is 42.9 Å². The first-order chi connectivity index (χ1) is 30.6. The van der Waals surface area contributed by atoms with E-state index in [1.807, 2.05) is 18.2 Å². The van der Waals surface area contributed by atoms with Crippen molar-refractivity contribution in [3.05, 3.63) is 157 Å². The summed E-state index contributed by atoms with van der Waals surface area (Å²) in [4.78, 5) is 42.9. The van der Waals surface area contributed by atoms with Crippen LogP contribution in [0.3, 0.4) is 0 Å². The molecule has 5 bridgehead atoms. The molecule has 3 aliphatic rings. The smallest absolute Gasteiger partial charge is 0.339 e. The van der Waals surface area contributed by atoms with Crippen LogP contribution >= 0.6 is 0 Å². The second kappa shape index (κ2) is 19.2. The lowest BCUT2D eigenvalue weighted by atomic mass is 9.82. The maximum Gasteiger partial charge on any atom is 0.339 e. The summed E-state index contributed by atoms with van der Waals surface area (Å²) in [7, 11) is 1.53. The fourth-order valence-electron chi connectivity index (χ4n) is 9.34. The molecule has 10 heteroatoms. The molecule has 4 heterocycles. The molecule has 10 nitrogen and oxygen atoms in total. The molecule has 326 valence electrons. The van der Waals surface area contributed by atoms with E-state index in [9.17, 15) is 24.6 Å². The van der Waals surface area contributed by atoms with Gasteiger partial charge >= 0.3 is 17.6 Å². The van der Waals surface area contributed by atoms with Crippen LogP contribution in [0.5, 0.6) is 5.75 Å². The summed E-state index contributed by atoms with van der Waals surface area (Å²) >= 11 is 0. The summed E-state index contributed by atoms with van der Waals surface area (Å²) < 4.78 is 31.2. The zero-order valence-electron chi connectivity index (χ0n) is 36.2. The Balaban J connectivity index is 1.25. The minimum atomic E-state index is -1.35. The number of hydrogen-bond donors (Lipinski definition) is 2. The van der Waals surface area contributed by atoms with Crippen molar-refractivity contribution >= 4 is 22.9 Å². The standard InChI is InChI=1S/C53H54O10/c1-33(31-54)41-20-18-36-17-19-40-29-38(16-15-35-12-9-13-37(27-35)26-34-10-5-4-6-11-34)30-46(56)60-49-47-45(22-21-42-44(32-55)43(23-25-59-3)52(58)61-48(42)47)63-53(2,50(49)62-51(41)57)24-8-7-14-39(40)28-36/h4-6,9-13,17,19,21-22,27-28,38,49-50,54-55H,14-16,18,20,23-26,29-32H2,1-3H3. The number of aliphatic hydroxyl groups is 2. The highest BCUT2D eigenvalue weighted by Gasteiger charge is 2.53. The normalized spacial score (nSPS) is 21.8. The van der Waals surface area contributed by atoms with Crippen LogP contribution in [0.2, 0.25) is 0 Å². The highest BCUT2D eigenvalue weighted by Crippen LogP contribution is 2.49. The predicted molar refractivity (Wildman–Crippen MR) is 238 cm³/mol. The molecule has 0 radical (unpaired) electrons. The van der Waals surface area contributed by atoms with Crippen molar-refractivity contribution < 1.29 is 43.2 Å². The molecular weight excluding hydrogens is 797 g/mol. The highest BCUT2D eigenvalue weighted by molar-refractivity contribution is 5.90. The fraction of sp³-hybridized carbons (Fsp3) is 0.377. The number of ether oxygens (including phenoxy) is 4. The molecule has 4 aromatic carbocycles. The molecule has 5 aromatic rings. The molecule has 0 spiro atoms. The third-order valence-corrected chi connectivity index (χ3v) is 12.8. The van der Waals surface area contributed by atoms with Crippen LogP contribution in [0.4, 0.5) is 0 Å². The van der Waals surface area contributed by atoms with Gasteiger partial charge in [-0.2, -0.15) is 0 Å². The Bertz CT molecular complexity index is 2670. The van der Waals surface area contributed by atoms with Gasteiger partial charge in [-0.15, -0.1) is 0 Å². The van der Waals surface area contributed by atoms with Gasteiger partial charge in [-0.1, -0.05) is 84.6 Å². The van der Waals surface area contributed by atoms with E-state index >= 15 is 0 Å². The largest absolute Gasteiger partial charge is 0.482 e. The highest BCUT2D eigenvalue weighted by atomic mass is 16.6. The number of aryl methyl sites for hydroxylation is 2. The fourth-order valence-corrected chi connectivity index (χ4v) is 9.34. The van der Waals surface area contributed by atoms with E-state index < -0.39 is 42.0 Å². The number of hydrogen-bond acceptors (Lipinski definition) is 10. The molecule has 1 aromatic heterocycles. The van der Waals surface area contributed by atoms with E-state index in [1.54, 1.807) is 26.0 Å². The molecule has 4 atom stereocenters. The zero-order valence-corrected chi connectivity index (χ0v) is 36.2. The molecule has 3 aliphatic heterocycles. The van der Waals surface area contributed by atoms with Crippen LogP contribution in [-0.4, -0.2) is 54.2 Å². The molecule has 63 heavy (non-hydrogen) atoms. The molecule has 8 rings (SSSR count). The third kappa shape index (κ3) is 9.52. The first-order valence-corrected chi connectivity index (χ1v) is 21.9. The van der Waals surface area contributed by atoms with Crippen LogP contribution in [-0.2, 0) is 68.9 Å². The summed E-state index contributed by atoms with van der Waals surface area (Å²) in [5.74, 6) is 5.62. The number of rotatable bonds is 10. The number of carbonyl (C=O) groups is 2. The summed E-state index contributed by atoms with van der Waals surface area (Å²) in [5, 5.41) is 21.4. The van der Waals surface area contributed by atoms with Crippen LogP contribution < -0.4 is 10.4 Å². The van der Waals surface area contributed by atoms with Gasteiger partial charge in [-0.05, 0) is 115 Å². The van der Waals surface area contributed by atoms with Gasteiger partial charge in [0.25, 0.3) is 0 Å². The van der Waals surface area contributed by atoms with E-state index in [4.69, 9.17) is 23.4 Å². The summed E-state index contributed by atoms with van der Waals surface area (Å²) in [5.41, 5.74) is 6.43. The third-order valence-electron chi connectivity index (χ3n) is 12.8. The lowest BCUT2D eigenvalue weighted by molar-refractivity contribution is -0.190. The van der Waals surface area contributed by atoms with E-state index in [0.29, 0.717) is 47.8 Å². The number of carbonyl (C=O) groups excluding carboxylic acids is 2. The topological polar surface area (TPSA) is 142 Å². The van der Waals surface area contributed by atoms with Crippen LogP contribution in [0.15, 0.2) is 105 Å². The Morgan fingerprint density at radius 1 is 0.841 bits per heavy atom. The van der Waals surface area contributed by atoms with Gasteiger partial charge in [0.1, 0.15) is 11.3 Å². The second-order valence-corrected chi connectivity index (χ2v) is 17.3. The van der Waals surface area contributed by atoms with Crippen LogP contribution in [0, 0.1) is 17.8 Å². The Labute approximate surface area is 367 Å². The molecule has 0 amide bonds. The second-order valence-electron chi connectivity index (χ2n) is 17.3. The SMILES string of the molecule is COCCc1c(CO)c2ccc3c(c2oc1=O)C1OC(=O)CC(CCc2cccc(Cc4ccccc4)c2)Cc2ccc4cc2CC#CCC(C)(O3)C1OC(=O)C(=C(C)CO)CC4. The van der Waals surface area contributed by atoms with Gasteiger partial charge < -0.3 is 33.6 Å². The van der Waals surface area contributed by atoms with Gasteiger partial charge in [-0.3, -0.25) is 4.79 Å². The molecule has 0 fully saturated rings. The lowest BCUT2D eigenvalue weighted by Crippen LogP contribution is -2.54. The molecular formula is C53H54O10. The molecule has 0 saturated carbocycles. The van der Waals surface area contributed by atoms with E-state index in [0.717, 1.165) is 29.5 Å². The van der Waals surface area contributed by atoms with Crippen molar-refractivity contribution in [3.63, 3.8) is 0 Å². The number of aliphatic hydroxyl groups excluding tert-OH is 2. The Morgan fingerprint density at radius 2 is 1.65 bits per heavy atom. The number of benzene rings is 4. The average molecular weight is 851 g/mol. The monoisotopic (exact) mass is 850 g/mol. The minimum absolute atomic E-state index is 0.0488. The average Bonchev–Trinajstić information content (AvgIpc) is 3.27. The predicted octanol–water partition coefficient (Wildman–Crippen LogP) is 7.80. The van der Waals surface area contributed by atoms with Crippen molar-refractivity contribution in [2.24, 2.45) is 5.92 Å².